The maximum Gasteiger partial charge on any atom is 0.251 e. The predicted octanol–water partition coefficient (Wildman–Crippen LogP) is 5.20. The third-order valence-corrected chi connectivity index (χ3v) is 6.05. The van der Waals surface area contributed by atoms with E-state index in [1.54, 1.807) is 19.9 Å². The van der Waals surface area contributed by atoms with Crippen molar-refractivity contribution in [3.63, 3.8) is 0 Å². The number of hydrogen-bond acceptors (Lipinski definition) is 5. The molecule has 0 bridgehead atoms. The number of halogens is 2. The van der Waals surface area contributed by atoms with Gasteiger partial charge < -0.3 is 24.9 Å². The van der Waals surface area contributed by atoms with Gasteiger partial charge in [0.05, 0.1) is 29.8 Å². The second-order valence-corrected chi connectivity index (χ2v) is 8.89. The van der Waals surface area contributed by atoms with Crippen LogP contribution in [-0.4, -0.2) is 48.5 Å². The van der Waals surface area contributed by atoms with Crippen LogP contribution in [0.5, 0.6) is 0 Å². The molecule has 2 aromatic heterocycles. The van der Waals surface area contributed by atoms with Crippen molar-refractivity contribution in [2.45, 2.75) is 33.3 Å². The fourth-order valence-corrected chi connectivity index (χ4v) is 4.11. The zero-order valence-electron chi connectivity index (χ0n) is 21.7. The first kappa shape index (κ1) is 26.7. The number of hydrogen-bond donors (Lipinski definition) is 3. The highest BCUT2D eigenvalue weighted by molar-refractivity contribution is 5.96. The van der Waals surface area contributed by atoms with Crippen molar-refractivity contribution >= 4 is 34.7 Å². The normalized spacial score (nSPS) is 15.1. The van der Waals surface area contributed by atoms with Gasteiger partial charge in [-0.2, -0.15) is 0 Å². The molecule has 1 aliphatic rings. The largest absolute Gasteiger partial charge is 0.378 e. The number of β-amino-alcohol motifs (C(OH)–C–C–N with tert-alkyl or cyclic N) is 1. The van der Waals surface area contributed by atoms with Crippen molar-refractivity contribution in [1.29, 1.82) is 0 Å². The molecular weight excluding hydrogens is 490 g/mol. The van der Waals surface area contributed by atoms with Crippen LogP contribution in [0.3, 0.4) is 0 Å². The van der Waals surface area contributed by atoms with Crippen LogP contribution in [0, 0.1) is 12.7 Å². The Morgan fingerprint density at radius 2 is 1.95 bits per heavy atom. The van der Waals surface area contributed by atoms with E-state index < -0.39 is 17.2 Å². The summed E-state index contributed by atoms with van der Waals surface area (Å²) < 4.78 is 30.2. The number of nitrogens with one attached hydrogen (secondary N) is 2. The summed E-state index contributed by atoms with van der Waals surface area (Å²) in [5, 5.41) is 13.5. The zero-order chi connectivity index (χ0) is 27.4. The number of carbonyl (C=O) groups excluding carboxylic acids is 1. The van der Waals surface area contributed by atoms with Crippen LogP contribution in [0.15, 0.2) is 66.6 Å². The molecule has 3 N–H and O–H groups in total. The molecule has 0 aliphatic carbocycles. The molecule has 38 heavy (non-hydrogen) atoms. The van der Waals surface area contributed by atoms with Crippen molar-refractivity contribution in [3.8, 4) is 0 Å². The lowest BCUT2D eigenvalue weighted by atomic mass is 9.92. The van der Waals surface area contributed by atoms with Crippen LogP contribution in [0.25, 0.3) is 23.1 Å². The number of anilines is 1. The second kappa shape index (κ2) is 11.0. The van der Waals surface area contributed by atoms with E-state index in [-0.39, 0.29) is 30.5 Å². The number of para-hydroxylation sites is 2. The molecule has 1 aliphatic heterocycles. The Balaban J connectivity index is 0.00000164. The second-order valence-electron chi connectivity index (χ2n) is 8.89. The van der Waals surface area contributed by atoms with E-state index in [9.17, 15) is 18.7 Å². The number of carbonyl (C=O) groups is 1. The fraction of sp³-hybridized carbons (Fsp3) is 0.250. The summed E-state index contributed by atoms with van der Waals surface area (Å²) >= 11 is 0. The lowest BCUT2D eigenvalue weighted by molar-refractivity contribution is -0.154. The number of likely N-dealkylation sites (tertiary alicyclic amines) is 1. The van der Waals surface area contributed by atoms with Gasteiger partial charge in [0.1, 0.15) is 11.6 Å². The Hall–Kier alpha value is -4.31. The summed E-state index contributed by atoms with van der Waals surface area (Å²) in [6, 6.07) is 12.0. The maximum atomic E-state index is 14.8. The zero-order valence-corrected chi connectivity index (χ0v) is 21.7. The van der Waals surface area contributed by atoms with E-state index in [1.807, 2.05) is 38.1 Å². The first-order valence-corrected chi connectivity index (χ1v) is 12.3. The third kappa shape index (κ3) is 5.35. The van der Waals surface area contributed by atoms with E-state index >= 15 is 0 Å². The highest BCUT2D eigenvalue weighted by Crippen LogP contribution is 2.32. The standard InChI is InChI=1S/C26H24F2N6O2.C2H6/c1-16-7-8-20(18(27)11-16)30-12-19(28)23-29-9-10-33(23)13-17(2)24(35)34-14-26(36,15-34)25-31-21-5-3-4-6-22(21)32-25;1-2/h3-13,30,36H,14-15H2,1-2H3,(H,31,32);1-2H3/b17-13+,19-12-;. The van der Waals surface area contributed by atoms with Gasteiger partial charge in [0.2, 0.25) is 0 Å². The van der Waals surface area contributed by atoms with E-state index in [4.69, 9.17) is 0 Å². The topological polar surface area (TPSA) is 99.1 Å². The fourth-order valence-electron chi connectivity index (χ4n) is 4.11. The number of benzene rings is 2. The lowest BCUT2D eigenvalue weighted by Gasteiger charge is -2.45. The number of imidazole rings is 2. The molecule has 0 spiro atoms. The molecule has 4 aromatic rings. The molecule has 0 radical (unpaired) electrons. The highest BCUT2D eigenvalue weighted by Gasteiger charge is 2.47. The monoisotopic (exact) mass is 520 g/mol. The Morgan fingerprint density at radius 3 is 2.66 bits per heavy atom. The van der Waals surface area contributed by atoms with Crippen molar-refractivity contribution in [3.05, 3.63) is 89.7 Å². The highest BCUT2D eigenvalue weighted by atomic mass is 19.1. The minimum absolute atomic E-state index is 0.0513. The van der Waals surface area contributed by atoms with E-state index in [2.05, 4.69) is 20.3 Å². The summed E-state index contributed by atoms with van der Waals surface area (Å²) in [6.07, 6.45) is 5.38. The van der Waals surface area contributed by atoms with Crippen LogP contribution in [-0.2, 0) is 10.4 Å². The smallest absolute Gasteiger partial charge is 0.251 e. The van der Waals surface area contributed by atoms with Crippen molar-refractivity contribution in [1.82, 2.24) is 24.4 Å². The third-order valence-electron chi connectivity index (χ3n) is 6.05. The number of rotatable bonds is 6. The quantitative estimate of drug-likeness (QED) is 0.304. The van der Waals surface area contributed by atoms with E-state index in [0.717, 1.165) is 22.8 Å². The number of aryl methyl sites for hydroxylation is 1. The molecule has 2 aromatic carbocycles. The molecular formula is C28H30F2N6O2. The van der Waals surface area contributed by atoms with Gasteiger partial charge in [-0.3, -0.25) is 4.79 Å². The molecule has 0 atom stereocenters. The number of amides is 1. The first-order valence-electron chi connectivity index (χ1n) is 12.3. The van der Waals surface area contributed by atoms with E-state index in [1.165, 1.54) is 40.2 Å². The number of aliphatic hydroxyl groups is 1. The van der Waals surface area contributed by atoms with Gasteiger partial charge in [0.25, 0.3) is 5.91 Å². The van der Waals surface area contributed by atoms with Gasteiger partial charge >= 0.3 is 0 Å². The maximum absolute atomic E-state index is 14.8. The van der Waals surface area contributed by atoms with Gasteiger partial charge in [-0.15, -0.1) is 0 Å². The van der Waals surface area contributed by atoms with Crippen LogP contribution >= 0.6 is 0 Å². The predicted molar refractivity (Wildman–Crippen MR) is 144 cm³/mol. The number of aromatic nitrogens is 4. The molecule has 8 nitrogen and oxygen atoms in total. The van der Waals surface area contributed by atoms with Gasteiger partial charge in [0, 0.05) is 30.4 Å². The Morgan fingerprint density at radius 1 is 1.21 bits per heavy atom. The minimum Gasteiger partial charge on any atom is -0.378 e. The molecule has 0 unspecified atom stereocenters. The number of aromatic amines is 1. The molecule has 5 rings (SSSR count). The van der Waals surface area contributed by atoms with Crippen molar-refractivity contribution in [2.24, 2.45) is 0 Å². The van der Waals surface area contributed by atoms with Crippen molar-refractivity contribution < 1.29 is 18.7 Å². The van der Waals surface area contributed by atoms with Gasteiger partial charge in [-0.1, -0.05) is 32.0 Å². The van der Waals surface area contributed by atoms with E-state index in [0.29, 0.717) is 11.4 Å². The first-order chi connectivity index (χ1) is 18.2. The molecule has 1 saturated heterocycles. The van der Waals surface area contributed by atoms with Gasteiger partial charge in [0.15, 0.2) is 17.3 Å². The Bertz CT molecular complexity index is 1480. The molecule has 1 amide bonds. The lowest BCUT2D eigenvalue weighted by Crippen LogP contribution is -2.61. The van der Waals surface area contributed by atoms with Gasteiger partial charge in [-0.05, 0) is 43.7 Å². The minimum atomic E-state index is -1.26. The van der Waals surface area contributed by atoms with Crippen LogP contribution in [0.2, 0.25) is 0 Å². The number of nitrogens with zero attached hydrogens (tertiary/aromatic N) is 4. The summed E-state index contributed by atoms with van der Waals surface area (Å²) in [7, 11) is 0. The van der Waals surface area contributed by atoms with Crippen molar-refractivity contribution in [2.75, 3.05) is 18.4 Å². The average Bonchev–Trinajstić information content (AvgIpc) is 3.54. The van der Waals surface area contributed by atoms with Gasteiger partial charge in [-0.25, -0.2) is 18.7 Å². The summed E-state index contributed by atoms with van der Waals surface area (Å²) in [6.45, 7) is 7.52. The molecule has 1 fully saturated rings. The number of fused-ring (bicyclic) bond motifs is 1. The average molecular weight is 521 g/mol. The summed E-state index contributed by atoms with van der Waals surface area (Å²) in [4.78, 5) is 26.0. The van der Waals surface area contributed by atoms with Crippen LogP contribution in [0.1, 0.15) is 38.0 Å². The summed E-state index contributed by atoms with van der Waals surface area (Å²) in [5.41, 5.74) is 1.49. The van der Waals surface area contributed by atoms with Crippen LogP contribution in [0.4, 0.5) is 14.5 Å². The molecule has 3 heterocycles. The number of H-pyrrole nitrogens is 1. The molecule has 198 valence electrons. The Kier molecular flexibility index (Phi) is 7.72. The molecule has 0 saturated carbocycles. The van der Waals surface area contributed by atoms with Crippen LogP contribution < -0.4 is 5.32 Å². The summed E-state index contributed by atoms with van der Waals surface area (Å²) in [5.74, 6) is -1.18. The SMILES string of the molecule is C/C(=C\n1ccnc1/C(F)=C/Nc1ccc(C)cc1F)C(=O)N1CC(O)(c2nc3ccccc3[nH]2)C1.CC. The Labute approximate surface area is 219 Å². The molecule has 10 heteroatoms.